The molecule has 90 valence electrons. The maximum atomic E-state index is 3.60. The minimum absolute atomic E-state index is 0.0547. The second kappa shape index (κ2) is 6.67. The van der Waals surface area contributed by atoms with Crippen LogP contribution in [0.15, 0.2) is 28.7 Å². The normalized spacial score (nSPS) is 11.8. The Labute approximate surface area is 112 Å². The minimum atomic E-state index is 0.0547. The average molecular weight is 302 g/mol. The molecule has 0 aromatic heterocycles. The Balaban J connectivity index is 2.52. The Bertz CT molecular complexity index is 308. The molecule has 0 saturated heterocycles. The van der Waals surface area contributed by atoms with Crippen LogP contribution in [0.4, 0.5) is 0 Å². The van der Waals surface area contributed by atoms with Gasteiger partial charge in [0.15, 0.2) is 0 Å². The predicted octanol–water partition coefficient (Wildman–Crippen LogP) is 4.03. The summed E-state index contributed by atoms with van der Waals surface area (Å²) in [6.45, 7) is 5.54. The summed E-state index contributed by atoms with van der Waals surface area (Å²) in [5.41, 5.74) is 1.39. The van der Waals surface area contributed by atoms with Crippen molar-refractivity contribution >= 4 is 27.7 Å². The quantitative estimate of drug-likeness (QED) is 0.796. The van der Waals surface area contributed by atoms with Crippen LogP contribution in [0.3, 0.4) is 0 Å². The van der Waals surface area contributed by atoms with E-state index in [0.29, 0.717) is 0 Å². The van der Waals surface area contributed by atoms with Crippen molar-refractivity contribution in [3.8, 4) is 0 Å². The molecule has 1 rings (SSSR count). The van der Waals surface area contributed by atoms with Gasteiger partial charge in [0.1, 0.15) is 0 Å². The van der Waals surface area contributed by atoms with Crippen molar-refractivity contribution in [2.75, 3.05) is 18.6 Å². The van der Waals surface area contributed by atoms with Crippen molar-refractivity contribution < 1.29 is 0 Å². The van der Waals surface area contributed by atoms with Crippen molar-refractivity contribution in [1.82, 2.24) is 5.32 Å². The van der Waals surface area contributed by atoms with E-state index in [9.17, 15) is 0 Å². The Morgan fingerprint density at radius 1 is 1.25 bits per heavy atom. The average Bonchev–Trinajstić information content (AvgIpc) is 2.25. The zero-order chi connectivity index (χ0) is 12.0. The van der Waals surface area contributed by atoms with Crippen LogP contribution in [-0.2, 0) is 5.54 Å². The molecule has 0 bridgehead atoms. The summed E-state index contributed by atoms with van der Waals surface area (Å²) >= 11 is 5.37. The maximum absolute atomic E-state index is 3.60. The van der Waals surface area contributed by atoms with Gasteiger partial charge in [-0.25, -0.2) is 0 Å². The zero-order valence-corrected chi connectivity index (χ0v) is 12.6. The van der Waals surface area contributed by atoms with Crippen LogP contribution >= 0.6 is 27.7 Å². The summed E-state index contributed by atoms with van der Waals surface area (Å²) < 4.78 is 1.13. The number of thioether (sulfide) groups is 1. The van der Waals surface area contributed by atoms with Crippen LogP contribution in [0.1, 0.15) is 25.8 Å². The molecule has 0 unspecified atom stereocenters. The van der Waals surface area contributed by atoms with Crippen molar-refractivity contribution in [1.29, 1.82) is 0 Å². The van der Waals surface area contributed by atoms with Gasteiger partial charge in [0, 0.05) is 10.0 Å². The summed E-state index contributed by atoms with van der Waals surface area (Å²) in [7, 11) is 0. The fourth-order valence-electron chi connectivity index (χ4n) is 1.59. The number of nitrogens with one attached hydrogen (secondary N) is 1. The largest absolute Gasteiger partial charge is 0.308 e. The van der Waals surface area contributed by atoms with Crippen molar-refractivity contribution in [3.63, 3.8) is 0 Å². The van der Waals surface area contributed by atoms with Crippen molar-refractivity contribution in [2.45, 2.75) is 25.8 Å². The molecule has 3 heteroatoms. The third-order valence-electron chi connectivity index (χ3n) is 2.66. The number of hydrogen-bond donors (Lipinski definition) is 1. The number of benzene rings is 1. The summed E-state index contributed by atoms with van der Waals surface area (Å²) in [4.78, 5) is 0. The Hall–Kier alpha value is 0.01000. The van der Waals surface area contributed by atoms with Crippen LogP contribution in [0.25, 0.3) is 0 Å². The van der Waals surface area contributed by atoms with Crippen LogP contribution in [0, 0.1) is 0 Å². The molecule has 0 aliphatic heterocycles. The smallest absolute Gasteiger partial charge is 0.0377 e. The van der Waals surface area contributed by atoms with Crippen molar-refractivity contribution in [2.24, 2.45) is 0 Å². The van der Waals surface area contributed by atoms with E-state index in [1.165, 1.54) is 17.7 Å². The lowest BCUT2D eigenvalue weighted by Gasteiger charge is -2.27. The lowest BCUT2D eigenvalue weighted by Crippen LogP contribution is -2.37. The molecule has 0 heterocycles. The second-order valence-electron chi connectivity index (χ2n) is 4.41. The first-order valence-corrected chi connectivity index (χ1v) is 7.75. The van der Waals surface area contributed by atoms with E-state index in [2.05, 4.69) is 65.6 Å². The number of rotatable bonds is 6. The van der Waals surface area contributed by atoms with Crippen molar-refractivity contribution in [3.05, 3.63) is 34.3 Å². The molecular weight excluding hydrogens is 282 g/mol. The third-order valence-corrected chi connectivity index (χ3v) is 3.88. The number of hydrogen-bond acceptors (Lipinski definition) is 2. The van der Waals surface area contributed by atoms with Gasteiger partial charge in [0.25, 0.3) is 0 Å². The first-order valence-electron chi connectivity index (χ1n) is 5.56. The highest BCUT2D eigenvalue weighted by molar-refractivity contribution is 9.10. The molecule has 1 N–H and O–H groups in total. The summed E-state index contributed by atoms with van der Waals surface area (Å²) in [5, 5.41) is 3.60. The number of halogens is 1. The van der Waals surface area contributed by atoms with Gasteiger partial charge < -0.3 is 5.32 Å². The molecule has 0 aliphatic rings. The molecule has 1 aromatic carbocycles. The van der Waals surface area contributed by atoms with Crippen LogP contribution in [0.2, 0.25) is 0 Å². The van der Waals surface area contributed by atoms with E-state index >= 15 is 0 Å². The summed E-state index contributed by atoms with van der Waals surface area (Å²) in [6.07, 6.45) is 3.38. The van der Waals surface area contributed by atoms with E-state index in [4.69, 9.17) is 0 Å². The van der Waals surface area contributed by atoms with Gasteiger partial charge in [0.2, 0.25) is 0 Å². The molecule has 0 atom stereocenters. The molecule has 1 aromatic rings. The standard InChI is InChI=1S/C13H20BrNS/c1-13(2,15-9-4-10-16-3)11-5-7-12(14)8-6-11/h5-8,15H,4,9-10H2,1-3H3. The van der Waals surface area contributed by atoms with E-state index < -0.39 is 0 Å². The van der Waals surface area contributed by atoms with Gasteiger partial charge in [-0.15, -0.1) is 0 Å². The molecule has 0 aliphatic carbocycles. The minimum Gasteiger partial charge on any atom is -0.308 e. The molecule has 0 saturated carbocycles. The maximum Gasteiger partial charge on any atom is 0.0377 e. The van der Waals surface area contributed by atoms with Gasteiger partial charge in [-0.3, -0.25) is 0 Å². The topological polar surface area (TPSA) is 12.0 Å². The van der Waals surface area contributed by atoms with E-state index in [1.54, 1.807) is 0 Å². The van der Waals surface area contributed by atoms with E-state index in [1.807, 2.05) is 11.8 Å². The second-order valence-corrected chi connectivity index (χ2v) is 6.31. The van der Waals surface area contributed by atoms with Gasteiger partial charge in [-0.2, -0.15) is 11.8 Å². The van der Waals surface area contributed by atoms with Crippen LogP contribution < -0.4 is 5.32 Å². The van der Waals surface area contributed by atoms with Gasteiger partial charge in [-0.1, -0.05) is 28.1 Å². The van der Waals surface area contributed by atoms with Crippen LogP contribution in [-0.4, -0.2) is 18.6 Å². The van der Waals surface area contributed by atoms with Gasteiger partial charge in [-0.05, 0) is 56.5 Å². The Morgan fingerprint density at radius 3 is 2.44 bits per heavy atom. The van der Waals surface area contributed by atoms with Crippen LogP contribution in [0.5, 0.6) is 0 Å². The molecular formula is C13H20BrNS. The summed E-state index contributed by atoms with van der Waals surface area (Å²) in [6, 6.07) is 8.54. The Kier molecular flexibility index (Phi) is 5.87. The van der Waals surface area contributed by atoms with Gasteiger partial charge in [0.05, 0.1) is 0 Å². The fraction of sp³-hybridized carbons (Fsp3) is 0.538. The molecule has 0 fully saturated rings. The molecule has 0 amide bonds. The molecule has 0 radical (unpaired) electrons. The third kappa shape index (κ3) is 4.48. The lowest BCUT2D eigenvalue weighted by atomic mass is 9.94. The molecule has 0 spiro atoms. The fourth-order valence-corrected chi connectivity index (χ4v) is 2.28. The van der Waals surface area contributed by atoms with E-state index in [-0.39, 0.29) is 5.54 Å². The monoisotopic (exact) mass is 301 g/mol. The highest BCUT2D eigenvalue weighted by Gasteiger charge is 2.18. The zero-order valence-electron chi connectivity index (χ0n) is 10.2. The molecule has 1 nitrogen and oxygen atoms in total. The molecule has 16 heavy (non-hydrogen) atoms. The van der Waals surface area contributed by atoms with E-state index in [0.717, 1.165) is 11.0 Å². The predicted molar refractivity (Wildman–Crippen MR) is 78.2 cm³/mol. The SMILES string of the molecule is CSCCCNC(C)(C)c1ccc(Br)cc1. The highest BCUT2D eigenvalue weighted by atomic mass is 79.9. The van der Waals surface area contributed by atoms with Gasteiger partial charge >= 0.3 is 0 Å². The summed E-state index contributed by atoms with van der Waals surface area (Å²) in [5.74, 6) is 1.23. The highest BCUT2D eigenvalue weighted by Crippen LogP contribution is 2.22. The Morgan fingerprint density at radius 2 is 1.88 bits per heavy atom. The first kappa shape index (κ1) is 14.1. The lowest BCUT2D eigenvalue weighted by molar-refractivity contribution is 0.405. The first-order chi connectivity index (χ1) is 7.56.